The summed E-state index contributed by atoms with van der Waals surface area (Å²) in [6.07, 6.45) is 4.69. The summed E-state index contributed by atoms with van der Waals surface area (Å²) >= 11 is 0. The molecule has 4 nitrogen and oxygen atoms in total. The molecule has 3 N–H and O–H groups in total. The highest BCUT2D eigenvalue weighted by Gasteiger charge is 2.15. The highest BCUT2D eigenvalue weighted by molar-refractivity contribution is 6.08. The lowest BCUT2D eigenvalue weighted by Crippen LogP contribution is -2.18. The van der Waals surface area contributed by atoms with Crippen molar-refractivity contribution in [2.45, 2.75) is 19.3 Å². The van der Waals surface area contributed by atoms with Crippen LogP contribution in [0.3, 0.4) is 0 Å². The minimum Gasteiger partial charge on any atom is -0.366 e. The number of anilines is 1. The summed E-state index contributed by atoms with van der Waals surface area (Å²) in [5, 5.41) is 2.73. The van der Waals surface area contributed by atoms with Gasteiger partial charge in [0.2, 0.25) is 0 Å². The van der Waals surface area contributed by atoms with Crippen LogP contribution in [0.4, 0.5) is 5.69 Å². The van der Waals surface area contributed by atoms with Crippen LogP contribution in [0.25, 0.3) is 0 Å². The van der Waals surface area contributed by atoms with Gasteiger partial charge in [0.05, 0.1) is 11.3 Å². The van der Waals surface area contributed by atoms with E-state index in [4.69, 9.17) is 5.73 Å². The van der Waals surface area contributed by atoms with Crippen LogP contribution in [-0.4, -0.2) is 11.8 Å². The van der Waals surface area contributed by atoms with Crippen molar-refractivity contribution in [1.29, 1.82) is 0 Å². The van der Waals surface area contributed by atoms with Crippen LogP contribution in [0.15, 0.2) is 35.9 Å². The van der Waals surface area contributed by atoms with Gasteiger partial charge in [0, 0.05) is 5.57 Å². The quantitative estimate of drug-likeness (QED) is 0.831. The number of amides is 2. The van der Waals surface area contributed by atoms with E-state index in [2.05, 4.69) is 5.32 Å². The molecule has 4 heteroatoms. The van der Waals surface area contributed by atoms with E-state index >= 15 is 0 Å². The van der Waals surface area contributed by atoms with Crippen molar-refractivity contribution in [2.24, 2.45) is 5.73 Å². The first-order chi connectivity index (χ1) is 8.18. The Morgan fingerprint density at radius 2 is 2.00 bits per heavy atom. The third-order valence-corrected chi connectivity index (χ3v) is 2.77. The van der Waals surface area contributed by atoms with E-state index in [0.717, 1.165) is 24.8 Å². The maximum absolute atomic E-state index is 11.9. The molecule has 0 fully saturated rings. The predicted molar refractivity (Wildman–Crippen MR) is 65.5 cm³/mol. The Labute approximate surface area is 99.5 Å². The minimum atomic E-state index is -0.540. The van der Waals surface area contributed by atoms with Gasteiger partial charge in [-0.2, -0.15) is 0 Å². The molecule has 17 heavy (non-hydrogen) atoms. The molecule has 0 aromatic heterocycles. The number of hydrogen-bond donors (Lipinski definition) is 2. The van der Waals surface area contributed by atoms with Gasteiger partial charge >= 0.3 is 0 Å². The third-order valence-electron chi connectivity index (χ3n) is 2.77. The molecule has 2 rings (SSSR count). The molecule has 0 saturated carbocycles. The Balaban J connectivity index is 2.18. The van der Waals surface area contributed by atoms with Crippen molar-refractivity contribution in [3.05, 3.63) is 41.5 Å². The molecule has 1 aliphatic rings. The fourth-order valence-corrected chi connectivity index (χ4v) is 1.89. The van der Waals surface area contributed by atoms with Crippen LogP contribution in [0, 0.1) is 0 Å². The average molecular weight is 230 g/mol. The molecule has 0 spiro atoms. The number of para-hydroxylation sites is 1. The number of carbonyl (C=O) groups is 2. The number of carbonyl (C=O) groups excluding carboxylic acids is 2. The second kappa shape index (κ2) is 4.82. The van der Waals surface area contributed by atoms with Crippen molar-refractivity contribution < 1.29 is 9.59 Å². The van der Waals surface area contributed by atoms with Gasteiger partial charge in [-0.05, 0) is 31.4 Å². The number of nitrogens with one attached hydrogen (secondary N) is 1. The summed E-state index contributed by atoms with van der Waals surface area (Å²) in [6, 6.07) is 6.74. The van der Waals surface area contributed by atoms with Gasteiger partial charge in [-0.15, -0.1) is 0 Å². The van der Waals surface area contributed by atoms with Crippen LogP contribution in [0.5, 0.6) is 0 Å². The number of rotatable bonds is 3. The Bertz CT molecular complexity index is 492. The lowest BCUT2D eigenvalue weighted by atomic mass is 10.1. The SMILES string of the molecule is NC(=O)c1ccccc1NC(=O)C1=CCCC1. The number of benzene rings is 1. The molecule has 1 aromatic carbocycles. The average Bonchev–Trinajstić information content (AvgIpc) is 2.83. The van der Waals surface area contributed by atoms with Crippen LogP contribution in [-0.2, 0) is 4.79 Å². The molecule has 0 unspecified atom stereocenters. The molecule has 0 heterocycles. The maximum atomic E-state index is 11.9. The first-order valence-corrected chi connectivity index (χ1v) is 5.57. The van der Waals surface area contributed by atoms with Crippen LogP contribution < -0.4 is 11.1 Å². The van der Waals surface area contributed by atoms with Crippen molar-refractivity contribution in [3.63, 3.8) is 0 Å². The molecule has 0 aliphatic heterocycles. The lowest BCUT2D eigenvalue weighted by molar-refractivity contribution is -0.112. The normalized spacial score (nSPS) is 14.2. The van der Waals surface area contributed by atoms with Crippen molar-refractivity contribution in [1.82, 2.24) is 0 Å². The molecular weight excluding hydrogens is 216 g/mol. The van der Waals surface area contributed by atoms with E-state index < -0.39 is 5.91 Å². The van der Waals surface area contributed by atoms with Gasteiger partial charge in [-0.3, -0.25) is 9.59 Å². The third kappa shape index (κ3) is 2.53. The Morgan fingerprint density at radius 1 is 1.24 bits per heavy atom. The molecule has 0 atom stereocenters. The predicted octanol–water partition coefficient (Wildman–Crippen LogP) is 1.83. The fraction of sp³-hybridized carbons (Fsp3) is 0.231. The molecule has 0 saturated heterocycles. The van der Waals surface area contributed by atoms with Gasteiger partial charge < -0.3 is 11.1 Å². The zero-order valence-electron chi connectivity index (χ0n) is 9.40. The van der Waals surface area contributed by atoms with E-state index in [-0.39, 0.29) is 5.91 Å². The molecule has 1 aromatic rings. The van der Waals surface area contributed by atoms with E-state index in [1.807, 2.05) is 6.08 Å². The fourth-order valence-electron chi connectivity index (χ4n) is 1.89. The summed E-state index contributed by atoms with van der Waals surface area (Å²) in [6.45, 7) is 0. The standard InChI is InChI=1S/C13H14N2O2/c14-12(16)10-7-3-4-8-11(10)15-13(17)9-5-1-2-6-9/h3-5,7-8H,1-2,6H2,(H2,14,16)(H,15,17). The van der Waals surface area contributed by atoms with Gasteiger partial charge in [0.15, 0.2) is 0 Å². The Morgan fingerprint density at radius 3 is 2.65 bits per heavy atom. The van der Waals surface area contributed by atoms with Crippen molar-refractivity contribution in [2.75, 3.05) is 5.32 Å². The highest BCUT2D eigenvalue weighted by atomic mass is 16.2. The first-order valence-electron chi connectivity index (χ1n) is 5.57. The van der Waals surface area contributed by atoms with E-state index in [1.165, 1.54) is 0 Å². The van der Waals surface area contributed by atoms with E-state index in [1.54, 1.807) is 24.3 Å². The topological polar surface area (TPSA) is 72.2 Å². The molecule has 0 bridgehead atoms. The van der Waals surface area contributed by atoms with Crippen LogP contribution >= 0.6 is 0 Å². The largest absolute Gasteiger partial charge is 0.366 e. The molecular formula is C13H14N2O2. The van der Waals surface area contributed by atoms with Gasteiger partial charge in [-0.25, -0.2) is 0 Å². The highest BCUT2D eigenvalue weighted by Crippen LogP contribution is 2.21. The van der Waals surface area contributed by atoms with Gasteiger partial charge in [0.1, 0.15) is 0 Å². The van der Waals surface area contributed by atoms with Crippen molar-refractivity contribution in [3.8, 4) is 0 Å². The number of primary amides is 1. The second-order valence-electron chi connectivity index (χ2n) is 3.99. The molecule has 2 amide bonds. The summed E-state index contributed by atoms with van der Waals surface area (Å²) in [7, 11) is 0. The maximum Gasteiger partial charge on any atom is 0.251 e. The van der Waals surface area contributed by atoms with Gasteiger partial charge in [-0.1, -0.05) is 18.2 Å². The first kappa shape index (κ1) is 11.4. The molecule has 0 radical (unpaired) electrons. The summed E-state index contributed by atoms with van der Waals surface area (Å²) in [5.41, 5.74) is 6.82. The summed E-state index contributed by atoms with van der Waals surface area (Å²) < 4.78 is 0. The Hall–Kier alpha value is -2.10. The summed E-state index contributed by atoms with van der Waals surface area (Å²) in [5.74, 6) is -0.683. The van der Waals surface area contributed by atoms with Crippen LogP contribution in [0.2, 0.25) is 0 Å². The monoisotopic (exact) mass is 230 g/mol. The second-order valence-corrected chi connectivity index (χ2v) is 3.99. The minimum absolute atomic E-state index is 0.142. The number of hydrogen-bond acceptors (Lipinski definition) is 2. The number of allylic oxidation sites excluding steroid dienone is 1. The van der Waals surface area contributed by atoms with Gasteiger partial charge in [0.25, 0.3) is 11.8 Å². The zero-order chi connectivity index (χ0) is 12.3. The lowest BCUT2D eigenvalue weighted by Gasteiger charge is -2.08. The smallest absolute Gasteiger partial charge is 0.251 e. The summed E-state index contributed by atoms with van der Waals surface area (Å²) in [4.78, 5) is 23.0. The van der Waals surface area contributed by atoms with E-state index in [9.17, 15) is 9.59 Å². The zero-order valence-corrected chi connectivity index (χ0v) is 9.40. The van der Waals surface area contributed by atoms with Crippen molar-refractivity contribution >= 4 is 17.5 Å². The van der Waals surface area contributed by atoms with Crippen LogP contribution in [0.1, 0.15) is 29.6 Å². The molecule has 88 valence electrons. The number of nitrogens with two attached hydrogens (primary N) is 1. The van der Waals surface area contributed by atoms with E-state index in [0.29, 0.717) is 11.3 Å². The molecule has 1 aliphatic carbocycles. The Kier molecular flexibility index (Phi) is 3.23.